The molecule has 20 heavy (non-hydrogen) atoms. The highest BCUT2D eigenvalue weighted by atomic mass is 35.5. The van der Waals surface area contributed by atoms with Gasteiger partial charge in [0.2, 0.25) is 0 Å². The summed E-state index contributed by atoms with van der Waals surface area (Å²) in [5, 5.41) is 22.4. The molecule has 0 saturated heterocycles. The molecule has 3 nitrogen and oxygen atoms in total. The van der Waals surface area contributed by atoms with Gasteiger partial charge in [0.05, 0.1) is 12.6 Å². The molecule has 0 aliphatic heterocycles. The third-order valence-electron chi connectivity index (χ3n) is 4.32. The molecule has 4 unspecified atom stereocenters. The summed E-state index contributed by atoms with van der Waals surface area (Å²) in [5.41, 5.74) is 0.968. The van der Waals surface area contributed by atoms with E-state index >= 15 is 0 Å². The van der Waals surface area contributed by atoms with E-state index < -0.39 is 6.10 Å². The number of hydrogen-bond acceptors (Lipinski definition) is 2. The first-order valence-electron chi connectivity index (χ1n) is 7.43. The van der Waals surface area contributed by atoms with E-state index in [4.69, 9.17) is 0 Å². The molecule has 1 fully saturated rings. The molecule has 1 aromatic carbocycles. The van der Waals surface area contributed by atoms with Crippen LogP contribution in [0.5, 0.6) is 0 Å². The van der Waals surface area contributed by atoms with Gasteiger partial charge in [0.1, 0.15) is 12.1 Å². The largest absolute Gasteiger partial charge is 1.00 e. The van der Waals surface area contributed by atoms with Crippen molar-refractivity contribution in [3.63, 3.8) is 0 Å². The Labute approximate surface area is 127 Å². The van der Waals surface area contributed by atoms with Gasteiger partial charge in [-0.25, -0.2) is 0 Å². The fraction of sp³-hybridized carbons (Fsp3) is 0.625. The fourth-order valence-corrected chi connectivity index (χ4v) is 2.94. The summed E-state index contributed by atoms with van der Waals surface area (Å²) in [5.74, 6) is 0.388. The number of aliphatic hydroxyl groups is 2. The molecule has 1 aliphatic carbocycles. The normalized spacial score (nSPS) is 25.6. The maximum Gasteiger partial charge on any atom is 0.130 e. The molecular weight excluding hydrogens is 274 g/mol. The summed E-state index contributed by atoms with van der Waals surface area (Å²) in [6.45, 7) is 2.96. The van der Waals surface area contributed by atoms with Gasteiger partial charge in [-0.1, -0.05) is 43.2 Å². The summed E-state index contributed by atoms with van der Waals surface area (Å²) in [7, 11) is 0. The van der Waals surface area contributed by atoms with Crippen molar-refractivity contribution in [2.75, 3.05) is 6.54 Å². The van der Waals surface area contributed by atoms with E-state index in [0.717, 1.165) is 31.4 Å². The van der Waals surface area contributed by atoms with Crippen LogP contribution in [0.1, 0.15) is 44.3 Å². The molecule has 0 amide bonds. The van der Waals surface area contributed by atoms with Crippen LogP contribution in [-0.4, -0.2) is 28.9 Å². The van der Waals surface area contributed by atoms with E-state index in [0.29, 0.717) is 5.92 Å². The van der Waals surface area contributed by atoms with Crippen molar-refractivity contribution >= 4 is 0 Å². The standard InChI is InChI=1S/C16H25NO2.ClH/c1-12(16(19)13-7-3-2-4-8-13)17-11-14-9-5-6-10-15(14)18;/h2-4,7-8,12,14-19H,5-6,9-11H2,1H3;1H. The van der Waals surface area contributed by atoms with Crippen LogP contribution in [0.25, 0.3) is 0 Å². The first kappa shape index (κ1) is 17.4. The van der Waals surface area contributed by atoms with Gasteiger partial charge in [0.25, 0.3) is 0 Å². The zero-order chi connectivity index (χ0) is 13.7. The lowest BCUT2D eigenvalue weighted by Gasteiger charge is -2.28. The first-order valence-corrected chi connectivity index (χ1v) is 7.43. The first-order chi connectivity index (χ1) is 9.18. The van der Waals surface area contributed by atoms with Crippen LogP contribution < -0.4 is 17.7 Å². The van der Waals surface area contributed by atoms with Crippen molar-refractivity contribution in [2.45, 2.75) is 50.9 Å². The van der Waals surface area contributed by atoms with Crippen molar-refractivity contribution in [1.82, 2.24) is 0 Å². The SMILES string of the molecule is CC([NH2+]CC1CCCCC1O)C(O)c1ccccc1.[Cl-]. The third kappa shape index (κ3) is 4.74. The molecule has 4 N–H and O–H groups in total. The molecule has 0 heterocycles. The zero-order valence-corrected chi connectivity index (χ0v) is 12.8. The Bertz CT molecular complexity index is 374. The minimum atomic E-state index is -0.443. The Balaban J connectivity index is 0.00000200. The van der Waals surface area contributed by atoms with E-state index in [1.165, 1.54) is 6.42 Å². The monoisotopic (exact) mass is 299 g/mol. The summed E-state index contributed by atoms with van der Waals surface area (Å²) < 4.78 is 0. The third-order valence-corrected chi connectivity index (χ3v) is 4.32. The lowest BCUT2D eigenvalue weighted by atomic mass is 9.86. The number of halogens is 1. The highest BCUT2D eigenvalue weighted by Gasteiger charge is 2.26. The predicted molar refractivity (Wildman–Crippen MR) is 75.6 cm³/mol. The van der Waals surface area contributed by atoms with Crippen molar-refractivity contribution < 1.29 is 27.9 Å². The Kier molecular flexibility index (Phi) is 7.52. The van der Waals surface area contributed by atoms with E-state index in [1.807, 2.05) is 37.3 Å². The second-order valence-electron chi connectivity index (χ2n) is 5.80. The van der Waals surface area contributed by atoms with Gasteiger partial charge >= 0.3 is 0 Å². The number of quaternary nitrogens is 1. The molecule has 4 heteroatoms. The molecule has 0 aromatic heterocycles. The summed E-state index contributed by atoms with van der Waals surface area (Å²) in [6.07, 6.45) is 3.85. The highest BCUT2D eigenvalue weighted by molar-refractivity contribution is 5.17. The molecule has 0 bridgehead atoms. The topological polar surface area (TPSA) is 57.1 Å². The van der Waals surface area contributed by atoms with Crippen LogP contribution in [-0.2, 0) is 0 Å². The maximum absolute atomic E-state index is 10.3. The van der Waals surface area contributed by atoms with Gasteiger partial charge in [0, 0.05) is 5.92 Å². The maximum atomic E-state index is 10.3. The van der Waals surface area contributed by atoms with Gasteiger partial charge in [-0.3, -0.25) is 0 Å². The van der Waals surface area contributed by atoms with Gasteiger partial charge in [-0.15, -0.1) is 0 Å². The zero-order valence-electron chi connectivity index (χ0n) is 12.1. The number of nitrogens with two attached hydrogens (primary N) is 1. The van der Waals surface area contributed by atoms with Crippen molar-refractivity contribution in [3.8, 4) is 0 Å². The van der Waals surface area contributed by atoms with E-state index in [1.54, 1.807) is 0 Å². The Morgan fingerprint density at radius 3 is 2.50 bits per heavy atom. The number of aliphatic hydroxyl groups excluding tert-OH is 2. The van der Waals surface area contributed by atoms with Gasteiger partial charge in [-0.05, 0) is 25.3 Å². The van der Waals surface area contributed by atoms with Crippen LogP contribution in [0.3, 0.4) is 0 Å². The molecule has 1 aliphatic rings. The molecule has 2 rings (SSSR count). The predicted octanol–water partition coefficient (Wildman–Crippen LogP) is -1.77. The Morgan fingerprint density at radius 2 is 1.85 bits per heavy atom. The molecule has 114 valence electrons. The van der Waals surface area contributed by atoms with Crippen molar-refractivity contribution in [3.05, 3.63) is 35.9 Å². The summed E-state index contributed by atoms with van der Waals surface area (Å²) in [6, 6.07) is 9.92. The van der Waals surface area contributed by atoms with E-state index in [9.17, 15) is 10.2 Å². The molecule has 0 radical (unpaired) electrons. The molecule has 0 spiro atoms. The summed E-state index contributed by atoms with van der Waals surface area (Å²) >= 11 is 0. The quantitative estimate of drug-likeness (QED) is 0.603. The number of benzene rings is 1. The fourth-order valence-electron chi connectivity index (χ4n) is 2.94. The van der Waals surface area contributed by atoms with Gasteiger partial charge in [0.15, 0.2) is 0 Å². The minimum absolute atomic E-state index is 0. The average molecular weight is 300 g/mol. The lowest BCUT2D eigenvalue weighted by molar-refractivity contribution is -0.700. The van der Waals surface area contributed by atoms with E-state index in [2.05, 4.69) is 5.32 Å². The lowest BCUT2D eigenvalue weighted by Crippen LogP contribution is -3.00. The Morgan fingerprint density at radius 1 is 1.20 bits per heavy atom. The number of hydrogen-bond donors (Lipinski definition) is 3. The van der Waals surface area contributed by atoms with Crippen molar-refractivity contribution in [2.24, 2.45) is 5.92 Å². The van der Waals surface area contributed by atoms with Crippen LogP contribution in [0.4, 0.5) is 0 Å². The molecule has 1 aromatic rings. The van der Waals surface area contributed by atoms with Gasteiger partial charge in [-0.2, -0.15) is 0 Å². The highest BCUT2D eigenvalue weighted by Crippen LogP contribution is 2.23. The van der Waals surface area contributed by atoms with Gasteiger partial charge < -0.3 is 27.9 Å². The van der Waals surface area contributed by atoms with Crippen LogP contribution in [0.15, 0.2) is 30.3 Å². The second kappa shape index (κ2) is 8.63. The van der Waals surface area contributed by atoms with E-state index in [-0.39, 0.29) is 24.6 Å². The van der Waals surface area contributed by atoms with Crippen LogP contribution in [0, 0.1) is 5.92 Å². The number of rotatable bonds is 5. The smallest absolute Gasteiger partial charge is 0.130 e. The minimum Gasteiger partial charge on any atom is -1.00 e. The average Bonchev–Trinajstić information content (AvgIpc) is 2.46. The van der Waals surface area contributed by atoms with Crippen molar-refractivity contribution in [1.29, 1.82) is 0 Å². The Hall–Kier alpha value is -0.610. The molecule has 4 atom stereocenters. The molecule has 1 saturated carbocycles. The molecular formula is C16H26ClNO2. The second-order valence-corrected chi connectivity index (χ2v) is 5.80. The summed E-state index contributed by atoms with van der Waals surface area (Å²) in [4.78, 5) is 0. The van der Waals surface area contributed by atoms with Crippen LogP contribution >= 0.6 is 0 Å². The van der Waals surface area contributed by atoms with Crippen LogP contribution in [0.2, 0.25) is 0 Å².